The molecule has 0 aromatic heterocycles. The molecule has 4 heteroatoms. The summed E-state index contributed by atoms with van der Waals surface area (Å²) in [6, 6.07) is 5.95. The van der Waals surface area contributed by atoms with E-state index in [0.29, 0.717) is 6.61 Å². The third-order valence-electron chi connectivity index (χ3n) is 3.45. The molecule has 1 aromatic carbocycles. The number of amides is 1. The quantitative estimate of drug-likeness (QED) is 0.883. The van der Waals surface area contributed by atoms with E-state index in [1.165, 1.54) is 5.56 Å². The van der Waals surface area contributed by atoms with Crippen molar-refractivity contribution in [2.24, 2.45) is 0 Å². The first-order valence-electron chi connectivity index (χ1n) is 6.26. The van der Waals surface area contributed by atoms with Crippen LogP contribution in [0.3, 0.4) is 0 Å². The molecule has 0 saturated heterocycles. The van der Waals surface area contributed by atoms with E-state index in [2.05, 4.69) is 5.32 Å². The van der Waals surface area contributed by atoms with E-state index in [1.54, 1.807) is 12.0 Å². The van der Waals surface area contributed by atoms with E-state index in [0.717, 1.165) is 24.2 Å². The SMILES string of the molecule is COC[C@H](C)N(C)C(=O)c1ccc2c(c1)CCN2. The topological polar surface area (TPSA) is 41.6 Å². The zero-order valence-electron chi connectivity index (χ0n) is 11.2. The van der Waals surface area contributed by atoms with Crippen molar-refractivity contribution >= 4 is 11.6 Å². The molecule has 0 saturated carbocycles. The fourth-order valence-electron chi connectivity index (χ4n) is 2.19. The van der Waals surface area contributed by atoms with Gasteiger partial charge in [-0.1, -0.05) is 0 Å². The Morgan fingerprint density at radius 3 is 3.06 bits per heavy atom. The molecular weight excluding hydrogens is 228 g/mol. The van der Waals surface area contributed by atoms with Crippen LogP contribution in [0.2, 0.25) is 0 Å². The summed E-state index contributed by atoms with van der Waals surface area (Å²) in [5.74, 6) is 0.0502. The smallest absolute Gasteiger partial charge is 0.253 e. The maximum atomic E-state index is 12.3. The van der Waals surface area contributed by atoms with Crippen LogP contribution in [0, 0.1) is 0 Å². The summed E-state index contributed by atoms with van der Waals surface area (Å²) in [4.78, 5) is 14.0. The third-order valence-corrected chi connectivity index (χ3v) is 3.45. The first-order chi connectivity index (χ1) is 8.63. The number of nitrogens with one attached hydrogen (secondary N) is 1. The van der Waals surface area contributed by atoms with E-state index in [1.807, 2.05) is 32.2 Å². The van der Waals surface area contributed by atoms with Gasteiger partial charge in [0.15, 0.2) is 0 Å². The van der Waals surface area contributed by atoms with Crippen LogP contribution in [0.1, 0.15) is 22.8 Å². The molecule has 1 amide bonds. The fraction of sp³-hybridized carbons (Fsp3) is 0.500. The molecule has 1 aromatic rings. The van der Waals surface area contributed by atoms with E-state index in [-0.39, 0.29) is 11.9 Å². The number of benzene rings is 1. The van der Waals surface area contributed by atoms with Gasteiger partial charge < -0.3 is 15.0 Å². The minimum absolute atomic E-state index is 0.0502. The second-order valence-electron chi connectivity index (χ2n) is 4.77. The number of carbonyl (C=O) groups excluding carboxylic acids is 1. The van der Waals surface area contributed by atoms with Crippen LogP contribution < -0.4 is 5.32 Å². The Bertz CT molecular complexity index is 445. The molecule has 2 rings (SSSR count). The molecule has 18 heavy (non-hydrogen) atoms. The molecule has 4 nitrogen and oxygen atoms in total. The van der Waals surface area contributed by atoms with Crippen LogP contribution in [0.15, 0.2) is 18.2 Å². The third kappa shape index (κ3) is 2.48. The Morgan fingerprint density at radius 2 is 2.33 bits per heavy atom. The summed E-state index contributed by atoms with van der Waals surface area (Å²) in [6.45, 7) is 3.49. The van der Waals surface area contributed by atoms with Gasteiger partial charge in [-0.2, -0.15) is 0 Å². The molecule has 0 radical (unpaired) electrons. The van der Waals surface area contributed by atoms with Gasteiger partial charge in [0.2, 0.25) is 0 Å². The summed E-state index contributed by atoms with van der Waals surface area (Å²) in [5, 5.41) is 3.29. The van der Waals surface area contributed by atoms with Crippen LogP contribution in [-0.2, 0) is 11.2 Å². The summed E-state index contributed by atoms with van der Waals surface area (Å²) in [5.41, 5.74) is 3.13. The van der Waals surface area contributed by atoms with Gasteiger partial charge in [-0.3, -0.25) is 4.79 Å². The Kier molecular flexibility index (Phi) is 3.87. The molecule has 0 unspecified atom stereocenters. The number of likely N-dealkylation sites (N-methyl/N-ethyl adjacent to an activating group) is 1. The lowest BCUT2D eigenvalue weighted by molar-refractivity contribution is 0.0633. The van der Waals surface area contributed by atoms with Crippen LogP contribution in [0.25, 0.3) is 0 Å². The number of hydrogen-bond donors (Lipinski definition) is 1. The van der Waals surface area contributed by atoms with E-state index < -0.39 is 0 Å². The molecule has 98 valence electrons. The predicted molar refractivity (Wildman–Crippen MR) is 72.1 cm³/mol. The average Bonchev–Trinajstić information content (AvgIpc) is 2.84. The number of fused-ring (bicyclic) bond motifs is 1. The van der Waals surface area contributed by atoms with E-state index in [4.69, 9.17) is 4.74 Å². The molecule has 1 atom stereocenters. The molecule has 1 heterocycles. The minimum atomic E-state index is 0.0502. The number of nitrogens with zero attached hydrogens (tertiary/aromatic N) is 1. The second-order valence-corrected chi connectivity index (χ2v) is 4.77. The Labute approximate surface area is 108 Å². The first-order valence-corrected chi connectivity index (χ1v) is 6.26. The predicted octanol–water partition coefficient (Wildman–Crippen LogP) is 1.76. The van der Waals surface area contributed by atoms with Crippen molar-refractivity contribution in [3.8, 4) is 0 Å². The van der Waals surface area contributed by atoms with Gasteiger partial charge in [-0.25, -0.2) is 0 Å². The van der Waals surface area contributed by atoms with E-state index >= 15 is 0 Å². The maximum Gasteiger partial charge on any atom is 0.253 e. The van der Waals surface area contributed by atoms with Gasteiger partial charge in [0.1, 0.15) is 0 Å². The maximum absolute atomic E-state index is 12.3. The molecule has 0 bridgehead atoms. The lowest BCUT2D eigenvalue weighted by Crippen LogP contribution is -2.37. The Hall–Kier alpha value is -1.55. The Balaban J connectivity index is 2.13. The van der Waals surface area contributed by atoms with Crippen molar-refractivity contribution < 1.29 is 9.53 Å². The highest BCUT2D eigenvalue weighted by atomic mass is 16.5. The van der Waals surface area contributed by atoms with Crippen molar-refractivity contribution in [3.63, 3.8) is 0 Å². The molecule has 1 aliphatic heterocycles. The number of anilines is 1. The van der Waals surface area contributed by atoms with Crippen molar-refractivity contribution in [2.45, 2.75) is 19.4 Å². The number of rotatable bonds is 4. The summed E-state index contributed by atoms with van der Waals surface area (Å²) in [7, 11) is 3.47. The summed E-state index contributed by atoms with van der Waals surface area (Å²) >= 11 is 0. The normalized spacial score (nSPS) is 14.8. The monoisotopic (exact) mass is 248 g/mol. The molecule has 1 N–H and O–H groups in total. The largest absolute Gasteiger partial charge is 0.384 e. The zero-order chi connectivity index (χ0) is 13.1. The first kappa shape index (κ1) is 12.9. The number of methoxy groups -OCH3 is 1. The van der Waals surface area contributed by atoms with Gasteiger partial charge in [-0.15, -0.1) is 0 Å². The van der Waals surface area contributed by atoms with Gasteiger partial charge in [-0.05, 0) is 37.1 Å². The van der Waals surface area contributed by atoms with Crippen molar-refractivity contribution in [1.29, 1.82) is 0 Å². The molecule has 0 aliphatic carbocycles. The zero-order valence-corrected chi connectivity index (χ0v) is 11.2. The highest BCUT2D eigenvalue weighted by Gasteiger charge is 2.19. The number of hydrogen-bond acceptors (Lipinski definition) is 3. The molecule has 0 fully saturated rings. The summed E-state index contributed by atoms with van der Waals surface area (Å²) in [6.07, 6.45) is 0.994. The molecule has 1 aliphatic rings. The van der Waals surface area contributed by atoms with Crippen LogP contribution in [0.4, 0.5) is 5.69 Å². The standard InChI is InChI=1S/C14H20N2O2/c1-10(9-18-3)16(2)14(17)12-4-5-13-11(8-12)6-7-15-13/h4-5,8,10,15H,6-7,9H2,1-3H3/t10-/m0/s1. The lowest BCUT2D eigenvalue weighted by atomic mass is 10.1. The van der Waals surface area contributed by atoms with Crippen LogP contribution >= 0.6 is 0 Å². The number of ether oxygens (including phenoxy) is 1. The van der Waals surface area contributed by atoms with Gasteiger partial charge in [0.05, 0.1) is 12.6 Å². The van der Waals surface area contributed by atoms with Gasteiger partial charge in [0, 0.05) is 32.0 Å². The fourth-order valence-corrected chi connectivity index (χ4v) is 2.19. The minimum Gasteiger partial charge on any atom is -0.384 e. The summed E-state index contributed by atoms with van der Waals surface area (Å²) < 4.78 is 5.08. The van der Waals surface area contributed by atoms with Crippen molar-refractivity contribution in [3.05, 3.63) is 29.3 Å². The lowest BCUT2D eigenvalue weighted by Gasteiger charge is -2.24. The Morgan fingerprint density at radius 1 is 1.56 bits per heavy atom. The van der Waals surface area contributed by atoms with Crippen molar-refractivity contribution in [1.82, 2.24) is 4.90 Å². The highest BCUT2D eigenvalue weighted by Crippen LogP contribution is 2.23. The van der Waals surface area contributed by atoms with Gasteiger partial charge >= 0.3 is 0 Å². The van der Waals surface area contributed by atoms with Crippen molar-refractivity contribution in [2.75, 3.05) is 32.6 Å². The number of carbonyl (C=O) groups is 1. The average molecular weight is 248 g/mol. The molecule has 0 spiro atoms. The van der Waals surface area contributed by atoms with Crippen LogP contribution in [0.5, 0.6) is 0 Å². The highest BCUT2D eigenvalue weighted by molar-refractivity contribution is 5.95. The van der Waals surface area contributed by atoms with Gasteiger partial charge in [0.25, 0.3) is 5.91 Å². The van der Waals surface area contributed by atoms with Crippen LogP contribution in [-0.4, -0.2) is 44.2 Å². The second kappa shape index (κ2) is 5.40. The van der Waals surface area contributed by atoms with E-state index in [9.17, 15) is 4.79 Å². The molecular formula is C14H20N2O2.